The summed E-state index contributed by atoms with van der Waals surface area (Å²) in [5, 5.41) is 2.83. The molecule has 94 valence electrons. The summed E-state index contributed by atoms with van der Waals surface area (Å²) in [6.07, 6.45) is 0. The van der Waals surface area contributed by atoms with Crippen molar-refractivity contribution in [3.05, 3.63) is 63.2 Å². The van der Waals surface area contributed by atoms with E-state index in [4.69, 9.17) is 5.73 Å². The predicted octanol–water partition coefficient (Wildman–Crippen LogP) is 3.07. The van der Waals surface area contributed by atoms with E-state index in [-0.39, 0.29) is 5.91 Å². The van der Waals surface area contributed by atoms with Crippen molar-refractivity contribution < 1.29 is 4.79 Å². The van der Waals surface area contributed by atoms with E-state index in [0.29, 0.717) is 11.3 Å². The summed E-state index contributed by atoms with van der Waals surface area (Å²) in [6.45, 7) is 0. The Morgan fingerprint density at radius 3 is 2.47 bits per heavy atom. The Morgan fingerprint density at radius 2 is 1.74 bits per heavy atom. The highest BCUT2D eigenvalue weighted by molar-refractivity contribution is 14.1. The first-order valence-corrected chi connectivity index (χ1v) is 6.91. The summed E-state index contributed by atoms with van der Waals surface area (Å²) in [5.41, 5.74) is 9.78. The fraction of sp³-hybridized carbons (Fsp3) is 0. The molecule has 0 atom stereocenters. The van der Waals surface area contributed by atoms with Gasteiger partial charge in [-0.3, -0.25) is 4.79 Å². The van der Waals surface area contributed by atoms with Crippen LogP contribution in [0, 0.1) is 3.57 Å². The maximum Gasteiger partial charge on any atom is 0.258 e. The van der Waals surface area contributed by atoms with Gasteiger partial charge in [-0.25, -0.2) is 0 Å². The Hall–Kier alpha value is -1.82. The third-order valence-electron chi connectivity index (χ3n) is 3.10. The number of hydrogen-bond acceptors (Lipinski definition) is 2. The molecule has 0 aromatic heterocycles. The van der Waals surface area contributed by atoms with Crippen molar-refractivity contribution in [1.82, 2.24) is 0 Å². The van der Waals surface area contributed by atoms with Gasteiger partial charge in [-0.05, 0) is 46.4 Å². The number of carbonyl (C=O) groups is 1. The molecule has 1 amide bonds. The first kappa shape index (κ1) is 12.2. The van der Waals surface area contributed by atoms with Gasteiger partial charge >= 0.3 is 0 Å². The van der Waals surface area contributed by atoms with Gasteiger partial charge in [-0.2, -0.15) is 0 Å². The number of rotatable bonds is 1. The monoisotopic (exact) mass is 362 g/mol. The highest BCUT2D eigenvalue weighted by Crippen LogP contribution is 2.34. The van der Waals surface area contributed by atoms with Crippen molar-refractivity contribution in [2.75, 3.05) is 5.32 Å². The molecule has 3 N–H and O–H groups in total. The van der Waals surface area contributed by atoms with Crippen LogP contribution < -0.4 is 11.1 Å². The van der Waals surface area contributed by atoms with E-state index >= 15 is 0 Å². The van der Waals surface area contributed by atoms with Crippen molar-refractivity contribution >= 4 is 45.5 Å². The van der Waals surface area contributed by atoms with Crippen LogP contribution in [-0.4, -0.2) is 5.91 Å². The van der Waals surface area contributed by atoms with E-state index < -0.39 is 0 Å². The number of amides is 1. The molecule has 0 unspecified atom stereocenters. The van der Waals surface area contributed by atoms with E-state index in [1.165, 1.54) is 0 Å². The molecular formula is C15H11IN2O. The third-order valence-corrected chi connectivity index (χ3v) is 3.82. The van der Waals surface area contributed by atoms with E-state index in [1.54, 1.807) is 0 Å². The molecule has 0 fully saturated rings. The predicted molar refractivity (Wildman–Crippen MR) is 85.2 cm³/mol. The van der Waals surface area contributed by atoms with Gasteiger partial charge < -0.3 is 11.1 Å². The fourth-order valence-electron chi connectivity index (χ4n) is 2.16. The lowest BCUT2D eigenvalue weighted by molar-refractivity contribution is -0.110. The number of benzene rings is 2. The molecule has 3 rings (SSSR count). The molecule has 0 bridgehead atoms. The minimum Gasteiger partial charge on any atom is -0.398 e. The first-order valence-electron chi connectivity index (χ1n) is 5.83. The average Bonchev–Trinajstić information content (AvgIpc) is 2.74. The summed E-state index contributed by atoms with van der Waals surface area (Å²) in [7, 11) is 0. The number of nitrogens with one attached hydrogen (secondary N) is 1. The van der Waals surface area contributed by atoms with Crippen LogP contribution in [0.15, 0.2) is 48.5 Å². The highest BCUT2D eigenvalue weighted by Gasteiger charge is 2.26. The maximum atomic E-state index is 12.1. The maximum absolute atomic E-state index is 12.1. The highest BCUT2D eigenvalue weighted by atomic mass is 127. The SMILES string of the molecule is NC(=C1C(=O)Nc2ccccc21)c1ccc(I)cc1. The number of carbonyl (C=O) groups excluding carboxylic acids is 1. The zero-order valence-electron chi connectivity index (χ0n) is 9.98. The molecule has 19 heavy (non-hydrogen) atoms. The molecule has 3 nitrogen and oxygen atoms in total. The van der Waals surface area contributed by atoms with Gasteiger partial charge in [-0.1, -0.05) is 30.3 Å². The van der Waals surface area contributed by atoms with E-state index in [1.807, 2.05) is 48.5 Å². The fourth-order valence-corrected chi connectivity index (χ4v) is 2.52. The summed E-state index contributed by atoms with van der Waals surface area (Å²) in [5.74, 6) is -0.141. The topological polar surface area (TPSA) is 55.1 Å². The van der Waals surface area contributed by atoms with Crippen molar-refractivity contribution in [3.8, 4) is 0 Å². The van der Waals surface area contributed by atoms with Crippen LogP contribution >= 0.6 is 22.6 Å². The lowest BCUT2D eigenvalue weighted by atomic mass is 10.0. The summed E-state index contributed by atoms with van der Waals surface area (Å²) < 4.78 is 1.13. The molecule has 1 aliphatic rings. The molecule has 2 aromatic rings. The van der Waals surface area contributed by atoms with Crippen LogP contribution in [0.3, 0.4) is 0 Å². The van der Waals surface area contributed by atoms with Gasteiger partial charge in [0, 0.05) is 14.8 Å². The molecular weight excluding hydrogens is 351 g/mol. The zero-order chi connectivity index (χ0) is 13.4. The minimum atomic E-state index is -0.141. The minimum absolute atomic E-state index is 0.141. The van der Waals surface area contributed by atoms with Crippen LogP contribution in [0.1, 0.15) is 11.1 Å². The quantitative estimate of drug-likeness (QED) is 0.605. The Labute approximate surface area is 124 Å². The van der Waals surface area contributed by atoms with Gasteiger partial charge in [0.1, 0.15) is 0 Å². The molecule has 0 spiro atoms. The van der Waals surface area contributed by atoms with Crippen molar-refractivity contribution in [2.45, 2.75) is 0 Å². The normalized spacial score (nSPS) is 15.9. The van der Waals surface area contributed by atoms with Crippen molar-refractivity contribution in [1.29, 1.82) is 0 Å². The molecule has 1 aliphatic heterocycles. The van der Waals surface area contributed by atoms with Crippen LogP contribution in [-0.2, 0) is 4.79 Å². The zero-order valence-corrected chi connectivity index (χ0v) is 12.1. The van der Waals surface area contributed by atoms with E-state index in [9.17, 15) is 4.79 Å². The van der Waals surface area contributed by atoms with Crippen LogP contribution in [0.4, 0.5) is 5.69 Å². The second-order valence-electron chi connectivity index (χ2n) is 4.30. The Balaban J connectivity index is 2.17. The van der Waals surface area contributed by atoms with Gasteiger partial charge in [0.05, 0.1) is 11.3 Å². The second kappa shape index (κ2) is 4.70. The summed E-state index contributed by atoms with van der Waals surface area (Å²) in [6, 6.07) is 15.4. The van der Waals surface area contributed by atoms with Crippen LogP contribution in [0.5, 0.6) is 0 Å². The Kier molecular flexibility index (Phi) is 3.02. The van der Waals surface area contributed by atoms with Crippen molar-refractivity contribution in [2.24, 2.45) is 5.73 Å². The largest absolute Gasteiger partial charge is 0.398 e. The standard InChI is InChI=1S/C15H11IN2O/c16-10-7-5-9(6-8-10)14(17)13-11-3-1-2-4-12(11)18-15(13)19/h1-8H,17H2,(H,18,19). The van der Waals surface area contributed by atoms with E-state index in [2.05, 4.69) is 27.9 Å². The Bertz CT molecular complexity index is 690. The van der Waals surface area contributed by atoms with Gasteiger partial charge in [0.2, 0.25) is 0 Å². The summed E-state index contributed by atoms with van der Waals surface area (Å²) >= 11 is 2.24. The third kappa shape index (κ3) is 2.12. The molecule has 4 heteroatoms. The lowest BCUT2D eigenvalue weighted by Gasteiger charge is -2.06. The van der Waals surface area contributed by atoms with Gasteiger partial charge in [0.15, 0.2) is 0 Å². The number of anilines is 1. The number of halogens is 1. The van der Waals surface area contributed by atoms with Gasteiger partial charge in [-0.15, -0.1) is 0 Å². The average molecular weight is 362 g/mol. The Morgan fingerprint density at radius 1 is 1.05 bits per heavy atom. The molecule has 2 aromatic carbocycles. The van der Waals surface area contributed by atoms with Gasteiger partial charge in [0.25, 0.3) is 5.91 Å². The molecule has 0 aliphatic carbocycles. The molecule has 0 saturated carbocycles. The lowest BCUT2D eigenvalue weighted by Crippen LogP contribution is -2.09. The van der Waals surface area contributed by atoms with Crippen LogP contribution in [0.25, 0.3) is 11.3 Å². The molecule has 0 radical (unpaired) electrons. The number of hydrogen-bond donors (Lipinski definition) is 2. The summed E-state index contributed by atoms with van der Waals surface area (Å²) in [4.78, 5) is 12.1. The van der Waals surface area contributed by atoms with Crippen LogP contribution in [0.2, 0.25) is 0 Å². The van der Waals surface area contributed by atoms with E-state index in [0.717, 1.165) is 20.4 Å². The number of para-hydroxylation sites is 1. The molecule has 1 heterocycles. The smallest absolute Gasteiger partial charge is 0.258 e. The molecule has 0 saturated heterocycles. The second-order valence-corrected chi connectivity index (χ2v) is 5.54. The van der Waals surface area contributed by atoms with Crippen molar-refractivity contribution in [3.63, 3.8) is 0 Å². The number of nitrogens with two attached hydrogens (primary N) is 1. The number of fused-ring (bicyclic) bond motifs is 1. The first-order chi connectivity index (χ1) is 9.16.